The molecule has 0 aromatic heterocycles. The van der Waals surface area contributed by atoms with E-state index in [2.05, 4.69) is 0 Å². The fraction of sp³-hybridized carbons (Fsp3) is 0.462. The molecule has 1 aromatic carbocycles. The molecule has 1 N–H and O–H groups in total. The van der Waals surface area contributed by atoms with Crippen LogP contribution in [0.25, 0.3) is 0 Å². The number of rotatable bonds is 3. The van der Waals surface area contributed by atoms with Gasteiger partial charge in [0.2, 0.25) is 10.0 Å². The topological polar surface area (TPSA) is 74.7 Å². The summed E-state index contributed by atoms with van der Waals surface area (Å²) in [6.45, 7) is 0.780. The van der Waals surface area contributed by atoms with E-state index in [9.17, 15) is 17.6 Å². The molecule has 110 valence electrons. The van der Waals surface area contributed by atoms with E-state index in [1.54, 1.807) is 0 Å². The number of carbonyl (C=O) groups is 1. The fourth-order valence-corrected chi connectivity index (χ4v) is 3.84. The van der Waals surface area contributed by atoms with Crippen LogP contribution < -0.4 is 0 Å². The van der Waals surface area contributed by atoms with Crippen molar-refractivity contribution in [2.45, 2.75) is 30.6 Å². The largest absolute Gasteiger partial charge is 0.478 e. The van der Waals surface area contributed by atoms with E-state index >= 15 is 0 Å². The van der Waals surface area contributed by atoms with Crippen LogP contribution in [-0.2, 0) is 10.0 Å². The van der Waals surface area contributed by atoms with Crippen LogP contribution in [0.15, 0.2) is 23.1 Å². The van der Waals surface area contributed by atoms with Gasteiger partial charge in [0.1, 0.15) is 5.82 Å². The molecule has 7 heteroatoms. The highest BCUT2D eigenvalue weighted by Crippen LogP contribution is 2.22. The molecule has 1 fully saturated rings. The summed E-state index contributed by atoms with van der Waals surface area (Å²) in [6, 6.07) is 2.68. The van der Waals surface area contributed by atoms with Gasteiger partial charge in [-0.05, 0) is 31.0 Å². The van der Waals surface area contributed by atoms with Crippen LogP contribution >= 0.6 is 0 Å². The molecule has 0 spiro atoms. The third-order valence-electron chi connectivity index (χ3n) is 3.32. The average Bonchev–Trinajstić information content (AvgIpc) is 2.67. The van der Waals surface area contributed by atoms with E-state index in [-0.39, 0.29) is 10.5 Å². The summed E-state index contributed by atoms with van der Waals surface area (Å²) in [4.78, 5) is 10.6. The maximum absolute atomic E-state index is 13.4. The van der Waals surface area contributed by atoms with Gasteiger partial charge in [0.05, 0.1) is 10.5 Å². The zero-order valence-electron chi connectivity index (χ0n) is 10.9. The van der Waals surface area contributed by atoms with Crippen molar-refractivity contribution in [3.63, 3.8) is 0 Å². The third kappa shape index (κ3) is 3.16. The molecule has 1 aliphatic rings. The van der Waals surface area contributed by atoms with Crippen LogP contribution in [0, 0.1) is 5.82 Å². The van der Waals surface area contributed by atoms with Crippen LogP contribution in [0.5, 0.6) is 0 Å². The van der Waals surface area contributed by atoms with Crippen LogP contribution in [0.2, 0.25) is 0 Å². The number of benzene rings is 1. The number of nitrogens with zero attached hydrogens (tertiary/aromatic N) is 1. The number of carboxylic acids is 1. The van der Waals surface area contributed by atoms with Crippen LogP contribution in [0.4, 0.5) is 4.39 Å². The van der Waals surface area contributed by atoms with Crippen molar-refractivity contribution in [1.29, 1.82) is 0 Å². The summed E-state index contributed by atoms with van der Waals surface area (Å²) in [6.07, 6.45) is 3.46. The molecular formula is C13H16FNO4S. The first-order valence-corrected chi connectivity index (χ1v) is 7.89. The van der Waals surface area contributed by atoms with Crippen molar-refractivity contribution >= 4 is 16.0 Å². The predicted octanol–water partition coefficient (Wildman–Crippen LogP) is 2.09. The molecule has 20 heavy (non-hydrogen) atoms. The molecule has 0 saturated carbocycles. The minimum absolute atomic E-state index is 0.295. The van der Waals surface area contributed by atoms with E-state index in [0.29, 0.717) is 13.1 Å². The van der Waals surface area contributed by atoms with Crippen molar-refractivity contribution in [2.24, 2.45) is 0 Å². The Labute approximate surface area is 117 Å². The zero-order chi connectivity index (χ0) is 14.8. The van der Waals surface area contributed by atoms with Crippen molar-refractivity contribution in [1.82, 2.24) is 4.31 Å². The predicted molar refractivity (Wildman–Crippen MR) is 70.6 cm³/mol. The second-order valence-corrected chi connectivity index (χ2v) is 6.74. The number of halogens is 1. The Morgan fingerprint density at radius 3 is 2.25 bits per heavy atom. The Kier molecular flexibility index (Phi) is 4.39. The summed E-state index contributed by atoms with van der Waals surface area (Å²) >= 11 is 0. The molecule has 1 heterocycles. The summed E-state index contributed by atoms with van der Waals surface area (Å²) in [5, 5.41) is 8.88. The second kappa shape index (κ2) is 5.88. The number of hydrogen-bond acceptors (Lipinski definition) is 3. The van der Waals surface area contributed by atoms with Crippen LogP contribution in [0.3, 0.4) is 0 Å². The lowest BCUT2D eigenvalue weighted by atomic mass is 10.2. The molecule has 1 aliphatic heterocycles. The number of aromatic carboxylic acids is 1. The molecule has 0 amide bonds. The van der Waals surface area contributed by atoms with Crippen LogP contribution in [-0.4, -0.2) is 36.9 Å². The lowest BCUT2D eigenvalue weighted by Crippen LogP contribution is -2.32. The maximum Gasteiger partial charge on any atom is 0.335 e. The van der Waals surface area contributed by atoms with E-state index in [4.69, 9.17) is 5.11 Å². The molecule has 5 nitrogen and oxygen atoms in total. The van der Waals surface area contributed by atoms with Crippen molar-refractivity contribution in [3.8, 4) is 0 Å². The molecule has 1 aromatic rings. The van der Waals surface area contributed by atoms with Crippen molar-refractivity contribution < 1.29 is 22.7 Å². The van der Waals surface area contributed by atoms with E-state index in [1.807, 2.05) is 0 Å². The van der Waals surface area contributed by atoms with Gasteiger partial charge >= 0.3 is 5.97 Å². The fourth-order valence-electron chi connectivity index (χ4n) is 2.27. The monoisotopic (exact) mass is 301 g/mol. The summed E-state index contributed by atoms with van der Waals surface area (Å²) in [5.74, 6) is -2.21. The summed E-state index contributed by atoms with van der Waals surface area (Å²) in [5.41, 5.74) is -0.363. The molecule has 1 saturated heterocycles. The molecular weight excluding hydrogens is 285 g/mol. The highest BCUT2D eigenvalue weighted by Gasteiger charge is 2.26. The Morgan fingerprint density at radius 2 is 1.70 bits per heavy atom. The first-order chi connectivity index (χ1) is 9.41. The first kappa shape index (κ1) is 14.9. The maximum atomic E-state index is 13.4. The van der Waals surface area contributed by atoms with Gasteiger partial charge in [0.15, 0.2) is 0 Å². The molecule has 0 unspecified atom stereocenters. The summed E-state index contributed by atoms with van der Waals surface area (Å²) < 4.78 is 39.6. The Balaban J connectivity index is 2.40. The van der Waals surface area contributed by atoms with Crippen LogP contribution in [0.1, 0.15) is 36.0 Å². The van der Waals surface area contributed by atoms with E-state index in [0.717, 1.165) is 43.9 Å². The Bertz CT molecular complexity index is 607. The lowest BCUT2D eigenvalue weighted by molar-refractivity contribution is 0.0696. The Morgan fingerprint density at radius 1 is 1.10 bits per heavy atom. The highest BCUT2D eigenvalue weighted by molar-refractivity contribution is 7.89. The number of hydrogen-bond donors (Lipinski definition) is 1. The quantitative estimate of drug-likeness (QED) is 0.927. The third-order valence-corrected chi connectivity index (χ3v) is 5.20. The highest BCUT2D eigenvalue weighted by atomic mass is 32.2. The smallest absolute Gasteiger partial charge is 0.335 e. The van der Waals surface area contributed by atoms with Gasteiger partial charge in [-0.15, -0.1) is 0 Å². The first-order valence-electron chi connectivity index (χ1n) is 6.45. The molecule has 0 bridgehead atoms. The lowest BCUT2D eigenvalue weighted by Gasteiger charge is -2.20. The number of sulfonamides is 1. The van der Waals surface area contributed by atoms with Crippen molar-refractivity contribution in [3.05, 3.63) is 29.6 Å². The number of carboxylic acid groups (broad SMARTS) is 1. The Hall–Kier alpha value is -1.47. The molecule has 0 radical (unpaired) electrons. The van der Waals surface area contributed by atoms with E-state index < -0.39 is 21.8 Å². The normalized spacial score (nSPS) is 17.6. The van der Waals surface area contributed by atoms with Gasteiger partial charge in [0, 0.05) is 13.1 Å². The SMILES string of the molecule is O=C(O)c1cc(F)cc(S(=O)(=O)N2CCCCCC2)c1. The minimum atomic E-state index is -3.83. The minimum Gasteiger partial charge on any atom is -0.478 e. The van der Waals surface area contributed by atoms with Gasteiger partial charge in [-0.2, -0.15) is 4.31 Å². The zero-order valence-corrected chi connectivity index (χ0v) is 11.7. The van der Waals surface area contributed by atoms with Gasteiger partial charge in [-0.1, -0.05) is 12.8 Å². The average molecular weight is 301 g/mol. The van der Waals surface area contributed by atoms with Gasteiger partial charge in [-0.3, -0.25) is 0 Å². The van der Waals surface area contributed by atoms with E-state index in [1.165, 1.54) is 4.31 Å². The van der Waals surface area contributed by atoms with Gasteiger partial charge in [0.25, 0.3) is 0 Å². The van der Waals surface area contributed by atoms with Crippen molar-refractivity contribution in [2.75, 3.05) is 13.1 Å². The second-order valence-electron chi connectivity index (χ2n) is 4.80. The van der Waals surface area contributed by atoms with Gasteiger partial charge < -0.3 is 5.11 Å². The standard InChI is InChI=1S/C13H16FNO4S/c14-11-7-10(13(16)17)8-12(9-11)20(18,19)15-5-3-1-2-4-6-15/h7-9H,1-6H2,(H,16,17). The molecule has 0 atom stereocenters. The summed E-state index contributed by atoms with van der Waals surface area (Å²) in [7, 11) is -3.83. The van der Waals surface area contributed by atoms with Gasteiger partial charge in [-0.25, -0.2) is 17.6 Å². The molecule has 2 rings (SSSR count). The molecule has 0 aliphatic carbocycles.